The number of hydrogen-bond acceptors (Lipinski definition) is 4. The lowest BCUT2D eigenvalue weighted by Crippen LogP contribution is -2.43. The van der Waals surface area contributed by atoms with E-state index in [-0.39, 0.29) is 12.5 Å². The number of rotatable bonds is 4. The Bertz CT molecular complexity index is 740. The number of urea groups is 1. The first kappa shape index (κ1) is 16.0. The first-order valence-electron chi connectivity index (χ1n) is 7.64. The van der Waals surface area contributed by atoms with E-state index in [1.165, 1.54) is 0 Å². The van der Waals surface area contributed by atoms with Gasteiger partial charge in [-0.2, -0.15) is 5.10 Å². The maximum absolute atomic E-state index is 12.4. The van der Waals surface area contributed by atoms with E-state index in [1.54, 1.807) is 53.3 Å². The zero-order chi connectivity index (χ0) is 17.1. The second-order valence-corrected chi connectivity index (χ2v) is 5.66. The van der Waals surface area contributed by atoms with Crippen molar-refractivity contribution < 1.29 is 14.7 Å². The fourth-order valence-electron chi connectivity index (χ4n) is 2.64. The Labute approximate surface area is 139 Å². The van der Waals surface area contributed by atoms with E-state index in [0.717, 1.165) is 11.3 Å². The summed E-state index contributed by atoms with van der Waals surface area (Å²) < 4.78 is 1.63. The second kappa shape index (κ2) is 6.71. The van der Waals surface area contributed by atoms with Gasteiger partial charge >= 0.3 is 6.03 Å². The molecule has 1 unspecified atom stereocenters. The van der Waals surface area contributed by atoms with E-state index in [1.807, 2.05) is 0 Å². The molecule has 3 N–H and O–H groups in total. The van der Waals surface area contributed by atoms with Crippen LogP contribution < -0.4 is 15.5 Å². The topological polar surface area (TPSA) is 99.5 Å². The molecule has 8 heteroatoms. The third-order valence-electron chi connectivity index (χ3n) is 3.91. The fourth-order valence-corrected chi connectivity index (χ4v) is 2.64. The van der Waals surface area contributed by atoms with Gasteiger partial charge in [-0.15, -0.1) is 0 Å². The zero-order valence-corrected chi connectivity index (χ0v) is 13.3. The smallest absolute Gasteiger partial charge is 0.319 e. The Balaban J connectivity index is 1.57. The highest BCUT2D eigenvalue weighted by atomic mass is 16.3. The molecule has 0 spiro atoms. The van der Waals surface area contributed by atoms with Crippen molar-refractivity contribution in [2.45, 2.75) is 19.1 Å². The maximum atomic E-state index is 12.4. The van der Waals surface area contributed by atoms with E-state index in [4.69, 9.17) is 5.11 Å². The molecule has 1 fully saturated rings. The number of nitrogens with one attached hydrogen (secondary N) is 2. The molecule has 1 aliphatic rings. The van der Waals surface area contributed by atoms with E-state index < -0.39 is 12.1 Å². The van der Waals surface area contributed by atoms with Gasteiger partial charge in [0.05, 0.1) is 18.5 Å². The summed E-state index contributed by atoms with van der Waals surface area (Å²) in [6, 6.07) is 5.86. The Kier molecular flexibility index (Phi) is 4.48. The molecular formula is C16H19N5O3. The number of anilines is 2. The molecule has 2 heterocycles. The van der Waals surface area contributed by atoms with Gasteiger partial charge in [0.2, 0.25) is 5.91 Å². The summed E-state index contributed by atoms with van der Waals surface area (Å²) in [6.45, 7) is 0.494. The summed E-state index contributed by atoms with van der Waals surface area (Å²) in [6.07, 6.45) is 3.94. The molecule has 1 atom stereocenters. The molecule has 24 heavy (non-hydrogen) atoms. The highest BCUT2D eigenvalue weighted by molar-refractivity contribution is 6.02. The van der Waals surface area contributed by atoms with Crippen LogP contribution in [0.4, 0.5) is 16.2 Å². The third-order valence-corrected chi connectivity index (χ3v) is 3.91. The number of aliphatic hydroxyl groups excluding tert-OH is 1. The van der Waals surface area contributed by atoms with Crippen molar-refractivity contribution in [3.05, 3.63) is 42.2 Å². The molecule has 1 aliphatic heterocycles. The SMILES string of the molecule is Cn1cc(N2CCC(NC(=O)Nc3ccc(CO)cc3)C2=O)cn1. The van der Waals surface area contributed by atoms with Crippen LogP contribution >= 0.6 is 0 Å². The number of hydrogen-bond donors (Lipinski definition) is 3. The summed E-state index contributed by atoms with van der Waals surface area (Å²) in [7, 11) is 1.79. The maximum Gasteiger partial charge on any atom is 0.319 e. The lowest BCUT2D eigenvalue weighted by molar-refractivity contribution is -0.118. The quantitative estimate of drug-likeness (QED) is 0.774. The number of aliphatic hydroxyl groups is 1. The van der Waals surface area contributed by atoms with Crippen LogP contribution in [-0.2, 0) is 18.4 Å². The number of aromatic nitrogens is 2. The molecule has 1 saturated heterocycles. The summed E-state index contributed by atoms with van der Waals surface area (Å²) in [4.78, 5) is 26.1. The molecule has 1 aromatic carbocycles. The minimum Gasteiger partial charge on any atom is -0.392 e. The summed E-state index contributed by atoms with van der Waals surface area (Å²) in [5.74, 6) is -0.145. The van der Waals surface area contributed by atoms with Crippen molar-refractivity contribution in [3.63, 3.8) is 0 Å². The Morgan fingerprint density at radius 1 is 1.38 bits per heavy atom. The highest BCUT2D eigenvalue weighted by Gasteiger charge is 2.34. The third kappa shape index (κ3) is 3.38. The monoisotopic (exact) mass is 329 g/mol. The minimum atomic E-state index is -0.554. The number of benzene rings is 1. The van der Waals surface area contributed by atoms with Crippen LogP contribution in [-0.4, -0.2) is 39.4 Å². The summed E-state index contributed by atoms with van der Waals surface area (Å²) >= 11 is 0. The summed E-state index contributed by atoms with van der Waals surface area (Å²) in [5, 5.41) is 18.4. The average Bonchev–Trinajstić information content (AvgIpc) is 3.15. The predicted molar refractivity (Wildman–Crippen MR) is 88.5 cm³/mol. The average molecular weight is 329 g/mol. The van der Waals surface area contributed by atoms with Crippen LogP contribution in [0.2, 0.25) is 0 Å². The lowest BCUT2D eigenvalue weighted by Gasteiger charge is -2.15. The Morgan fingerprint density at radius 3 is 2.75 bits per heavy atom. The van der Waals surface area contributed by atoms with Crippen LogP contribution in [0.25, 0.3) is 0 Å². The van der Waals surface area contributed by atoms with E-state index in [0.29, 0.717) is 18.7 Å². The first-order valence-corrected chi connectivity index (χ1v) is 7.64. The van der Waals surface area contributed by atoms with Gasteiger partial charge in [0.1, 0.15) is 6.04 Å². The number of carbonyl (C=O) groups excluding carboxylic acids is 2. The van der Waals surface area contributed by atoms with Gasteiger partial charge in [-0.25, -0.2) is 4.79 Å². The summed E-state index contributed by atoms with van der Waals surface area (Å²) in [5.41, 5.74) is 2.09. The van der Waals surface area contributed by atoms with E-state index in [2.05, 4.69) is 15.7 Å². The van der Waals surface area contributed by atoms with Crippen molar-refractivity contribution in [2.24, 2.45) is 7.05 Å². The van der Waals surface area contributed by atoms with Crippen LogP contribution in [0.1, 0.15) is 12.0 Å². The van der Waals surface area contributed by atoms with Crippen LogP contribution in [0, 0.1) is 0 Å². The van der Waals surface area contributed by atoms with Gasteiger partial charge in [0.15, 0.2) is 0 Å². The van der Waals surface area contributed by atoms with Crippen molar-refractivity contribution in [1.29, 1.82) is 0 Å². The minimum absolute atomic E-state index is 0.0484. The molecule has 3 rings (SSSR count). The number of nitrogens with zero attached hydrogens (tertiary/aromatic N) is 3. The van der Waals surface area contributed by atoms with Crippen molar-refractivity contribution >= 4 is 23.3 Å². The molecule has 1 aromatic heterocycles. The number of carbonyl (C=O) groups is 2. The molecule has 0 bridgehead atoms. The predicted octanol–water partition coefficient (Wildman–Crippen LogP) is 0.839. The number of amides is 3. The molecular weight excluding hydrogens is 310 g/mol. The largest absolute Gasteiger partial charge is 0.392 e. The second-order valence-electron chi connectivity index (χ2n) is 5.66. The van der Waals surface area contributed by atoms with E-state index in [9.17, 15) is 9.59 Å². The molecule has 2 aromatic rings. The fraction of sp³-hybridized carbons (Fsp3) is 0.312. The Morgan fingerprint density at radius 2 is 2.12 bits per heavy atom. The molecule has 126 valence electrons. The van der Waals surface area contributed by atoms with Gasteiger partial charge in [-0.1, -0.05) is 12.1 Å². The molecule has 8 nitrogen and oxygen atoms in total. The van der Waals surface area contributed by atoms with Crippen LogP contribution in [0.5, 0.6) is 0 Å². The molecule has 0 saturated carbocycles. The number of aryl methyl sites for hydroxylation is 1. The van der Waals surface area contributed by atoms with Gasteiger partial charge in [-0.05, 0) is 24.1 Å². The van der Waals surface area contributed by atoms with Gasteiger partial charge in [-0.3, -0.25) is 9.48 Å². The van der Waals surface area contributed by atoms with Crippen LogP contribution in [0.15, 0.2) is 36.7 Å². The Hall–Kier alpha value is -2.87. The lowest BCUT2D eigenvalue weighted by atomic mass is 10.2. The van der Waals surface area contributed by atoms with Crippen molar-refractivity contribution in [2.75, 3.05) is 16.8 Å². The van der Waals surface area contributed by atoms with Crippen molar-refractivity contribution in [3.8, 4) is 0 Å². The standard InChI is InChI=1S/C16H19N5O3/c1-20-9-13(8-17-20)21-7-6-14(15(21)23)19-16(24)18-12-4-2-11(10-22)3-5-12/h2-5,8-9,14,22H,6-7,10H2,1H3,(H2,18,19,24). The van der Waals surface area contributed by atoms with Gasteiger partial charge in [0, 0.05) is 25.5 Å². The highest BCUT2D eigenvalue weighted by Crippen LogP contribution is 2.20. The molecule has 0 radical (unpaired) electrons. The molecule has 3 amide bonds. The van der Waals surface area contributed by atoms with Gasteiger partial charge < -0.3 is 20.6 Å². The molecule has 0 aliphatic carbocycles. The normalized spacial score (nSPS) is 17.2. The first-order chi connectivity index (χ1) is 11.6. The zero-order valence-electron chi connectivity index (χ0n) is 13.3. The van der Waals surface area contributed by atoms with Gasteiger partial charge in [0.25, 0.3) is 0 Å². The van der Waals surface area contributed by atoms with Crippen molar-refractivity contribution in [1.82, 2.24) is 15.1 Å². The van der Waals surface area contributed by atoms with Crippen LogP contribution in [0.3, 0.4) is 0 Å². The van der Waals surface area contributed by atoms with E-state index >= 15 is 0 Å².